The number of para-hydroxylation sites is 2. The Labute approximate surface area is 149 Å². The van der Waals surface area contributed by atoms with E-state index in [2.05, 4.69) is 38.3 Å². The average molecular weight is 388 g/mol. The summed E-state index contributed by atoms with van der Waals surface area (Å²) in [6.07, 6.45) is 0. The van der Waals surface area contributed by atoms with Crippen molar-refractivity contribution in [1.82, 2.24) is 4.90 Å². The Kier molecular flexibility index (Phi) is 5.15. The summed E-state index contributed by atoms with van der Waals surface area (Å²) in [6.45, 7) is 2.52. The van der Waals surface area contributed by atoms with Crippen LogP contribution in [0.15, 0.2) is 59.1 Å². The van der Waals surface area contributed by atoms with E-state index < -0.39 is 11.8 Å². The van der Waals surface area contributed by atoms with Crippen LogP contribution in [0.3, 0.4) is 0 Å². The third-order valence-electron chi connectivity index (χ3n) is 4.00. The van der Waals surface area contributed by atoms with Gasteiger partial charge in [0.2, 0.25) is 0 Å². The number of hydrogen-bond acceptors (Lipinski definition) is 3. The molecule has 124 valence electrons. The molecule has 0 atom stereocenters. The van der Waals surface area contributed by atoms with Crippen LogP contribution in [-0.2, 0) is 9.59 Å². The number of amides is 2. The summed E-state index contributed by atoms with van der Waals surface area (Å²) in [6, 6.07) is 17.3. The van der Waals surface area contributed by atoms with Crippen molar-refractivity contribution in [2.75, 3.05) is 36.4 Å². The normalized spacial score (nSPS) is 14.4. The van der Waals surface area contributed by atoms with Gasteiger partial charge in [-0.15, -0.1) is 0 Å². The van der Waals surface area contributed by atoms with Crippen molar-refractivity contribution in [3.05, 3.63) is 59.1 Å². The summed E-state index contributed by atoms with van der Waals surface area (Å²) in [7, 11) is 0. The molecule has 0 aliphatic carbocycles. The first kappa shape index (κ1) is 16.5. The number of carbonyl (C=O) groups excluding carboxylic acids is 2. The number of carbonyl (C=O) groups is 2. The number of benzene rings is 2. The van der Waals surface area contributed by atoms with E-state index in [4.69, 9.17) is 0 Å². The minimum absolute atomic E-state index is 0.488. The SMILES string of the molecule is O=C(Nc1ccccc1Br)C(=O)N1CCN(c2ccccc2)CC1. The van der Waals surface area contributed by atoms with Gasteiger partial charge >= 0.3 is 11.8 Å². The molecule has 0 bridgehead atoms. The van der Waals surface area contributed by atoms with Crippen LogP contribution in [0.2, 0.25) is 0 Å². The lowest BCUT2D eigenvalue weighted by Gasteiger charge is -2.35. The van der Waals surface area contributed by atoms with Gasteiger partial charge in [0, 0.05) is 36.3 Å². The van der Waals surface area contributed by atoms with Gasteiger partial charge in [0.05, 0.1) is 5.69 Å². The first-order chi connectivity index (χ1) is 11.6. The third-order valence-corrected chi connectivity index (χ3v) is 4.70. The maximum atomic E-state index is 12.3. The molecule has 0 radical (unpaired) electrons. The lowest BCUT2D eigenvalue weighted by Crippen LogP contribution is -2.51. The highest BCUT2D eigenvalue weighted by atomic mass is 79.9. The zero-order chi connectivity index (χ0) is 16.9. The van der Waals surface area contributed by atoms with Crippen LogP contribution in [-0.4, -0.2) is 42.9 Å². The Morgan fingerprint density at radius 2 is 1.50 bits per heavy atom. The highest BCUT2D eigenvalue weighted by Gasteiger charge is 2.26. The van der Waals surface area contributed by atoms with Gasteiger partial charge < -0.3 is 15.1 Å². The molecule has 2 aromatic rings. The van der Waals surface area contributed by atoms with Crippen LogP contribution in [0.1, 0.15) is 0 Å². The zero-order valence-corrected chi connectivity index (χ0v) is 14.7. The van der Waals surface area contributed by atoms with Gasteiger partial charge in [0.25, 0.3) is 0 Å². The lowest BCUT2D eigenvalue weighted by molar-refractivity contribution is -0.143. The van der Waals surface area contributed by atoms with E-state index in [0.29, 0.717) is 18.8 Å². The first-order valence-corrected chi connectivity index (χ1v) is 8.59. The van der Waals surface area contributed by atoms with Crippen molar-refractivity contribution in [2.45, 2.75) is 0 Å². The quantitative estimate of drug-likeness (QED) is 0.806. The van der Waals surface area contributed by atoms with E-state index in [1.54, 1.807) is 11.0 Å². The zero-order valence-electron chi connectivity index (χ0n) is 13.1. The van der Waals surface area contributed by atoms with Crippen molar-refractivity contribution in [3.8, 4) is 0 Å². The molecule has 5 nitrogen and oxygen atoms in total. The summed E-state index contributed by atoms with van der Waals surface area (Å²) in [5.74, 6) is -1.09. The van der Waals surface area contributed by atoms with Gasteiger partial charge in [-0.1, -0.05) is 30.3 Å². The number of nitrogens with zero attached hydrogens (tertiary/aromatic N) is 2. The van der Waals surface area contributed by atoms with Gasteiger partial charge in [-0.3, -0.25) is 9.59 Å². The Balaban J connectivity index is 1.57. The van der Waals surface area contributed by atoms with Crippen LogP contribution in [0.4, 0.5) is 11.4 Å². The summed E-state index contributed by atoms with van der Waals surface area (Å²) >= 11 is 3.36. The van der Waals surface area contributed by atoms with Gasteiger partial charge in [-0.05, 0) is 40.2 Å². The first-order valence-electron chi connectivity index (χ1n) is 7.80. The maximum Gasteiger partial charge on any atom is 0.313 e. The Morgan fingerprint density at radius 1 is 0.875 bits per heavy atom. The van der Waals surface area contributed by atoms with E-state index in [1.807, 2.05) is 36.4 Å². The van der Waals surface area contributed by atoms with Crippen molar-refractivity contribution < 1.29 is 9.59 Å². The molecule has 0 spiro atoms. The molecule has 24 heavy (non-hydrogen) atoms. The second-order valence-electron chi connectivity index (χ2n) is 5.55. The molecular weight excluding hydrogens is 370 g/mol. The van der Waals surface area contributed by atoms with Crippen LogP contribution >= 0.6 is 15.9 Å². The molecule has 1 aliphatic rings. The summed E-state index contributed by atoms with van der Waals surface area (Å²) in [5.41, 5.74) is 1.74. The molecule has 2 aromatic carbocycles. The molecule has 1 aliphatic heterocycles. The molecule has 0 unspecified atom stereocenters. The standard InChI is InChI=1S/C18H18BrN3O2/c19-15-8-4-5-9-16(15)20-17(23)18(24)22-12-10-21(11-13-22)14-6-2-1-3-7-14/h1-9H,10-13H2,(H,20,23). The van der Waals surface area contributed by atoms with E-state index in [-0.39, 0.29) is 0 Å². The Morgan fingerprint density at radius 3 is 2.17 bits per heavy atom. The van der Waals surface area contributed by atoms with Crippen molar-refractivity contribution in [2.24, 2.45) is 0 Å². The molecule has 3 rings (SSSR count). The molecule has 2 amide bonds. The highest BCUT2D eigenvalue weighted by molar-refractivity contribution is 9.10. The largest absolute Gasteiger partial charge is 0.368 e. The number of nitrogens with one attached hydrogen (secondary N) is 1. The smallest absolute Gasteiger partial charge is 0.313 e. The Bertz CT molecular complexity index is 728. The minimum Gasteiger partial charge on any atom is -0.368 e. The minimum atomic E-state index is -0.602. The number of rotatable bonds is 2. The molecular formula is C18H18BrN3O2. The van der Waals surface area contributed by atoms with Crippen molar-refractivity contribution in [1.29, 1.82) is 0 Å². The van der Waals surface area contributed by atoms with Gasteiger partial charge in [0.1, 0.15) is 0 Å². The number of anilines is 2. The van der Waals surface area contributed by atoms with Crippen LogP contribution < -0.4 is 10.2 Å². The highest BCUT2D eigenvalue weighted by Crippen LogP contribution is 2.21. The number of piperazine rings is 1. The van der Waals surface area contributed by atoms with Crippen LogP contribution in [0.25, 0.3) is 0 Å². The van der Waals surface area contributed by atoms with E-state index in [1.165, 1.54) is 0 Å². The van der Waals surface area contributed by atoms with Crippen LogP contribution in [0.5, 0.6) is 0 Å². The predicted molar refractivity (Wildman–Crippen MR) is 98.0 cm³/mol. The molecule has 1 fully saturated rings. The summed E-state index contributed by atoms with van der Waals surface area (Å²) < 4.78 is 0.750. The topological polar surface area (TPSA) is 52.7 Å². The average Bonchev–Trinajstić information content (AvgIpc) is 2.64. The van der Waals surface area contributed by atoms with Crippen molar-refractivity contribution in [3.63, 3.8) is 0 Å². The fourth-order valence-electron chi connectivity index (χ4n) is 2.69. The maximum absolute atomic E-state index is 12.3. The second-order valence-corrected chi connectivity index (χ2v) is 6.40. The van der Waals surface area contributed by atoms with E-state index >= 15 is 0 Å². The summed E-state index contributed by atoms with van der Waals surface area (Å²) in [5, 5.41) is 2.66. The van der Waals surface area contributed by atoms with Crippen LogP contribution in [0, 0.1) is 0 Å². The second kappa shape index (κ2) is 7.49. The number of hydrogen-bond donors (Lipinski definition) is 1. The molecule has 1 saturated heterocycles. The van der Waals surface area contributed by atoms with Gasteiger partial charge in [0.15, 0.2) is 0 Å². The molecule has 1 N–H and O–H groups in total. The fourth-order valence-corrected chi connectivity index (χ4v) is 3.07. The molecule has 0 aromatic heterocycles. The molecule has 0 saturated carbocycles. The lowest BCUT2D eigenvalue weighted by atomic mass is 10.2. The predicted octanol–water partition coefficient (Wildman–Crippen LogP) is 2.74. The monoisotopic (exact) mass is 387 g/mol. The molecule has 6 heteroatoms. The summed E-state index contributed by atoms with van der Waals surface area (Å²) in [4.78, 5) is 28.3. The molecule has 1 heterocycles. The Hall–Kier alpha value is -2.34. The van der Waals surface area contributed by atoms with Gasteiger partial charge in [-0.2, -0.15) is 0 Å². The fraction of sp³-hybridized carbons (Fsp3) is 0.222. The third kappa shape index (κ3) is 3.76. The number of halogens is 1. The van der Waals surface area contributed by atoms with Gasteiger partial charge in [-0.25, -0.2) is 0 Å². The van der Waals surface area contributed by atoms with E-state index in [0.717, 1.165) is 23.2 Å². The van der Waals surface area contributed by atoms with Crippen molar-refractivity contribution >= 4 is 39.1 Å². The van der Waals surface area contributed by atoms with E-state index in [9.17, 15) is 9.59 Å².